The monoisotopic (exact) mass is 234 g/mol. The maximum absolute atomic E-state index is 5.78. The molecule has 0 radical (unpaired) electrons. The summed E-state index contributed by atoms with van der Waals surface area (Å²) < 4.78 is 0. The van der Waals surface area contributed by atoms with Crippen LogP contribution in [0.3, 0.4) is 0 Å². The van der Waals surface area contributed by atoms with Crippen molar-refractivity contribution < 1.29 is 0 Å². The zero-order chi connectivity index (χ0) is 12.7. The van der Waals surface area contributed by atoms with E-state index in [1.54, 1.807) is 0 Å². The van der Waals surface area contributed by atoms with Gasteiger partial charge in [0.1, 0.15) is 0 Å². The number of rotatable bonds is 4. The highest BCUT2D eigenvalue weighted by Gasteiger charge is 2.26. The normalized spacial score (nSPS) is 22.6. The van der Waals surface area contributed by atoms with Gasteiger partial charge in [0, 0.05) is 19.1 Å². The van der Waals surface area contributed by atoms with Gasteiger partial charge in [-0.15, -0.1) is 0 Å². The van der Waals surface area contributed by atoms with E-state index in [1.165, 1.54) is 24.9 Å². The molecule has 1 aliphatic carbocycles. The fourth-order valence-electron chi connectivity index (χ4n) is 2.34. The second-order valence-electron chi connectivity index (χ2n) is 4.78. The summed E-state index contributed by atoms with van der Waals surface area (Å²) in [5.74, 6) is 0.828. The standard InChI is InChI=1S/C13H20N2.C2H6/c1-15(10-12-7-13(14)8-12)9-11-5-3-2-4-6-11;1-2/h2-6,12-13H,7-10,14H2,1H3;1-2H3. The molecule has 0 amide bonds. The van der Waals surface area contributed by atoms with Crippen molar-refractivity contribution in [2.24, 2.45) is 11.7 Å². The van der Waals surface area contributed by atoms with Crippen molar-refractivity contribution in [3.8, 4) is 0 Å². The first-order chi connectivity index (χ1) is 8.24. The lowest BCUT2D eigenvalue weighted by molar-refractivity contribution is 0.178. The topological polar surface area (TPSA) is 29.3 Å². The van der Waals surface area contributed by atoms with E-state index < -0.39 is 0 Å². The molecule has 1 aromatic carbocycles. The fourth-order valence-corrected chi connectivity index (χ4v) is 2.34. The summed E-state index contributed by atoms with van der Waals surface area (Å²) in [5, 5.41) is 0. The SMILES string of the molecule is CC.CN(Cc1ccccc1)CC1CC(N)C1. The Bertz CT molecular complexity index is 291. The van der Waals surface area contributed by atoms with E-state index in [0.29, 0.717) is 6.04 Å². The summed E-state index contributed by atoms with van der Waals surface area (Å²) in [5.41, 5.74) is 7.17. The molecule has 1 aromatic rings. The van der Waals surface area contributed by atoms with E-state index in [9.17, 15) is 0 Å². The van der Waals surface area contributed by atoms with E-state index >= 15 is 0 Å². The molecule has 0 spiro atoms. The first-order valence-corrected chi connectivity index (χ1v) is 6.72. The maximum Gasteiger partial charge on any atom is 0.0230 e. The minimum Gasteiger partial charge on any atom is -0.328 e. The summed E-state index contributed by atoms with van der Waals surface area (Å²) in [4.78, 5) is 2.39. The van der Waals surface area contributed by atoms with Crippen molar-refractivity contribution in [2.45, 2.75) is 39.3 Å². The Hall–Kier alpha value is -0.860. The predicted octanol–water partition coefficient (Wildman–Crippen LogP) is 2.88. The number of hydrogen-bond acceptors (Lipinski definition) is 2. The van der Waals surface area contributed by atoms with Crippen LogP contribution in [-0.4, -0.2) is 24.5 Å². The number of nitrogens with zero attached hydrogens (tertiary/aromatic N) is 1. The second-order valence-corrected chi connectivity index (χ2v) is 4.78. The van der Waals surface area contributed by atoms with E-state index in [-0.39, 0.29) is 0 Å². The first-order valence-electron chi connectivity index (χ1n) is 6.72. The average Bonchev–Trinajstić information content (AvgIpc) is 2.31. The lowest BCUT2D eigenvalue weighted by Crippen LogP contribution is -2.41. The Morgan fingerprint density at radius 2 is 1.76 bits per heavy atom. The van der Waals surface area contributed by atoms with Crippen molar-refractivity contribution in [3.05, 3.63) is 35.9 Å². The largest absolute Gasteiger partial charge is 0.328 e. The molecule has 0 saturated heterocycles. The minimum atomic E-state index is 0.472. The molecule has 1 saturated carbocycles. The molecular formula is C15H26N2. The number of benzene rings is 1. The van der Waals surface area contributed by atoms with Crippen LogP contribution in [0.4, 0.5) is 0 Å². The zero-order valence-corrected chi connectivity index (χ0v) is 11.4. The van der Waals surface area contributed by atoms with Crippen LogP contribution >= 0.6 is 0 Å². The van der Waals surface area contributed by atoms with Crippen LogP contribution < -0.4 is 5.73 Å². The van der Waals surface area contributed by atoms with Crippen LogP contribution in [0.5, 0.6) is 0 Å². The van der Waals surface area contributed by atoms with Crippen molar-refractivity contribution >= 4 is 0 Å². The van der Waals surface area contributed by atoms with Crippen LogP contribution in [0, 0.1) is 5.92 Å². The fraction of sp³-hybridized carbons (Fsp3) is 0.600. The zero-order valence-electron chi connectivity index (χ0n) is 11.4. The lowest BCUT2D eigenvalue weighted by Gasteiger charge is -2.35. The molecule has 2 rings (SSSR count). The van der Waals surface area contributed by atoms with Gasteiger partial charge in [-0.3, -0.25) is 0 Å². The van der Waals surface area contributed by atoms with Gasteiger partial charge in [0.2, 0.25) is 0 Å². The average molecular weight is 234 g/mol. The third-order valence-corrected chi connectivity index (χ3v) is 3.14. The van der Waals surface area contributed by atoms with Gasteiger partial charge in [0.15, 0.2) is 0 Å². The van der Waals surface area contributed by atoms with Crippen molar-refractivity contribution in [2.75, 3.05) is 13.6 Å². The summed E-state index contributed by atoms with van der Waals surface area (Å²) in [6.45, 7) is 6.23. The smallest absolute Gasteiger partial charge is 0.0230 e. The van der Waals surface area contributed by atoms with Gasteiger partial charge < -0.3 is 10.6 Å². The molecule has 0 aromatic heterocycles. The van der Waals surface area contributed by atoms with E-state index in [0.717, 1.165) is 12.5 Å². The molecular weight excluding hydrogens is 208 g/mol. The van der Waals surface area contributed by atoms with Crippen molar-refractivity contribution in [1.82, 2.24) is 4.90 Å². The molecule has 0 unspecified atom stereocenters. The highest BCUT2D eigenvalue weighted by Crippen LogP contribution is 2.26. The third kappa shape index (κ3) is 4.88. The Morgan fingerprint density at radius 3 is 2.29 bits per heavy atom. The Kier molecular flexibility index (Phi) is 6.23. The molecule has 96 valence electrons. The molecule has 0 bridgehead atoms. The maximum atomic E-state index is 5.78. The van der Waals surface area contributed by atoms with Crippen LogP contribution in [0.2, 0.25) is 0 Å². The highest BCUT2D eigenvalue weighted by molar-refractivity contribution is 5.14. The lowest BCUT2D eigenvalue weighted by atomic mass is 9.80. The summed E-state index contributed by atoms with van der Waals surface area (Å²) >= 11 is 0. The highest BCUT2D eigenvalue weighted by atomic mass is 15.1. The minimum absolute atomic E-state index is 0.472. The molecule has 1 aliphatic rings. The van der Waals surface area contributed by atoms with E-state index in [2.05, 4.69) is 42.3 Å². The van der Waals surface area contributed by atoms with Gasteiger partial charge in [0.05, 0.1) is 0 Å². The van der Waals surface area contributed by atoms with Gasteiger partial charge in [-0.25, -0.2) is 0 Å². The van der Waals surface area contributed by atoms with Gasteiger partial charge in [0.25, 0.3) is 0 Å². The van der Waals surface area contributed by atoms with Gasteiger partial charge in [-0.05, 0) is 31.4 Å². The Balaban J connectivity index is 0.000000686. The molecule has 0 heterocycles. The third-order valence-electron chi connectivity index (χ3n) is 3.14. The van der Waals surface area contributed by atoms with Crippen LogP contribution in [-0.2, 0) is 6.54 Å². The summed E-state index contributed by atoms with van der Waals surface area (Å²) in [6.07, 6.45) is 2.41. The Morgan fingerprint density at radius 1 is 1.18 bits per heavy atom. The second kappa shape index (κ2) is 7.46. The summed E-state index contributed by atoms with van der Waals surface area (Å²) in [6, 6.07) is 11.1. The van der Waals surface area contributed by atoms with Crippen molar-refractivity contribution in [1.29, 1.82) is 0 Å². The molecule has 0 atom stereocenters. The molecule has 2 N–H and O–H groups in total. The number of hydrogen-bond donors (Lipinski definition) is 1. The van der Waals surface area contributed by atoms with Gasteiger partial charge in [-0.1, -0.05) is 44.2 Å². The van der Waals surface area contributed by atoms with E-state index in [1.807, 2.05) is 13.8 Å². The molecule has 2 nitrogen and oxygen atoms in total. The molecule has 1 fully saturated rings. The van der Waals surface area contributed by atoms with Crippen LogP contribution in [0.1, 0.15) is 32.3 Å². The Labute approximate surface area is 106 Å². The van der Waals surface area contributed by atoms with Gasteiger partial charge >= 0.3 is 0 Å². The van der Waals surface area contributed by atoms with Gasteiger partial charge in [-0.2, -0.15) is 0 Å². The van der Waals surface area contributed by atoms with Crippen LogP contribution in [0.25, 0.3) is 0 Å². The molecule has 2 heteroatoms. The summed E-state index contributed by atoms with van der Waals surface area (Å²) in [7, 11) is 2.19. The first kappa shape index (κ1) is 14.2. The van der Waals surface area contributed by atoms with Crippen molar-refractivity contribution in [3.63, 3.8) is 0 Å². The molecule has 17 heavy (non-hydrogen) atoms. The molecule has 0 aliphatic heterocycles. The predicted molar refractivity (Wildman–Crippen MR) is 74.8 cm³/mol. The number of nitrogens with two attached hydrogens (primary N) is 1. The van der Waals surface area contributed by atoms with Crippen LogP contribution in [0.15, 0.2) is 30.3 Å². The quantitative estimate of drug-likeness (QED) is 0.868. The van der Waals surface area contributed by atoms with E-state index in [4.69, 9.17) is 5.73 Å².